The van der Waals surface area contributed by atoms with E-state index in [1.165, 1.54) is 7.11 Å². The molecular formula is C10H11N3O2S. The number of aromatic nitrogens is 2. The third-order valence-corrected chi connectivity index (χ3v) is 3.05. The monoisotopic (exact) mass is 237 g/mol. The molecule has 2 aromatic rings. The Kier molecular flexibility index (Phi) is 3.02. The van der Waals surface area contributed by atoms with Gasteiger partial charge in [-0.2, -0.15) is 5.10 Å². The Balaban J connectivity index is 2.23. The molecule has 0 atom stereocenters. The number of aromatic amines is 1. The van der Waals surface area contributed by atoms with Gasteiger partial charge in [-0.3, -0.25) is 14.7 Å². The van der Waals surface area contributed by atoms with Crippen LogP contribution in [0.5, 0.6) is 0 Å². The number of hydrogen-bond donors (Lipinski definition) is 1. The van der Waals surface area contributed by atoms with E-state index in [1.54, 1.807) is 24.5 Å². The third kappa shape index (κ3) is 1.98. The Labute approximate surface area is 96.6 Å². The Morgan fingerprint density at radius 3 is 3.06 bits per heavy atom. The van der Waals surface area contributed by atoms with Gasteiger partial charge in [0.1, 0.15) is 0 Å². The fourth-order valence-electron chi connectivity index (χ4n) is 1.23. The van der Waals surface area contributed by atoms with Crippen LogP contribution in [0.3, 0.4) is 0 Å². The van der Waals surface area contributed by atoms with E-state index in [9.17, 15) is 4.79 Å². The van der Waals surface area contributed by atoms with Crippen molar-refractivity contribution in [3.8, 4) is 10.6 Å². The number of nitrogens with one attached hydrogen (secondary N) is 1. The topological polar surface area (TPSA) is 58.2 Å². The molecule has 0 spiro atoms. The van der Waals surface area contributed by atoms with Gasteiger partial charge < -0.3 is 0 Å². The summed E-state index contributed by atoms with van der Waals surface area (Å²) in [5.74, 6) is -0.276. The molecule has 1 N–H and O–H groups in total. The van der Waals surface area contributed by atoms with Crippen LogP contribution in [-0.2, 0) is 4.84 Å². The number of amides is 1. The van der Waals surface area contributed by atoms with Crippen LogP contribution < -0.4 is 0 Å². The molecule has 2 rings (SSSR count). The van der Waals surface area contributed by atoms with E-state index in [1.807, 2.05) is 17.5 Å². The number of nitrogens with zero attached hydrogens (tertiary/aromatic N) is 2. The zero-order valence-electron chi connectivity index (χ0n) is 8.93. The van der Waals surface area contributed by atoms with Gasteiger partial charge in [0.2, 0.25) is 0 Å². The summed E-state index contributed by atoms with van der Waals surface area (Å²) < 4.78 is 0. The first-order chi connectivity index (χ1) is 7.72. The van der Waals surface area contributed by atoms with E-state index in [0.717, 1.165) is 15.6 Å². The summed E-state index contributed by atoms with van der Waals surface area (Å²) in [6, 6.07) is 5.62. The minimum Gasteiger partial charge on any atom is -0.276 e. The molecule has 0 fully saturated rings. The van der Waals surface area contributed by atoms with Crippen LogP contribution in [0.25, 0.3) is 10.6 Å². The zero-order valence-corrected chi connectivity index (χ0v) is 9.75. The lowest BCUT2D eigenvalue weighted by Gasteiger charge is -2.10. The smallest absolute Gasteiger partial charge is 0.276 e. The second kappa shape index (κ2) is 4.46. The van der Waals surface area contributed by atoms with Crippen molar-refractivity contribution in [2.24, 2.45) is 0 Å². The average molecular weight is 237 g/mol. The molecule has 84 valence electrons. The lowest BCUT2D eigenvalue weighted by Crippen LogP contribution is -2.25. The summed E-state index contributed by atoms with van der Waals surface area (Å²) in [6.45, 7) is 0. The van der Waals surface area contributed by atoms with Crippen molar-refractivity contribution in [1.82, 2.24) is 15.3 Å². The molecule has 0 bridgehead atoms. The summed E-state index contributed by atoms with van der Waals surface area (Å²) in [7, 11) is 2.98. The lowest BCUT2D eigenvalue weighted by molar-refractivity contribution is -0.0760. The van der Waals surface area contributed by atoms with Crippen LogP contribution in [-0.4, -0.2) is 35.3 Å². The highest BCUT2D eigenvalue weighted by molar-refractivity contribution is 7.13. The molecule has 0 aliphatic heterocycles. The highest BCUT2D eigenvalue weighted by atomic mass is 32.1. The summed E-state index contributed by atoms with van der Waals surface area (Å²) >= 11 is 1.59. The van der Waals surface area contributed by atoms with Crippen molar-refractivity contribution >= 4 is 17.2 Å². The number of rotatable bonds is 3. The van der Waals surface area contributed by atoms with Gasteiger partial charge in [0.25, 0.3) is 5.91 Å². The Morgan fingerprint density at radius 2 is 2.44 bits per heavy atom. The standard InChI is InChI=1S/C10H11N3O2S/c1-13(15-2)10(14)8-6-7(11-12-8)9-4-3-5-16-9/h3-6H,1-2H3,(H,11,12). The first-order valence-corrected chi connectivity index (χ1v) is 5.52. The number of thiophene rings is 1. The van der Waals surface area contributed by atoms with E-state index in [0.29, 0.717) is 5.69 Å². The molecule has 1 amide bonds. The van der Waals surface area contributed by atoms with E-state index in [2.05, 4.69) is 10.2 Å². The Morgan fingerprint density at radius 1 is 1.62 bits per heavy atom. The SMILES string of the molecule is CON(C)C(=O)c1cc(-c2cccs2)[nH]n1. The van der Waals surface area contributed by atoms with Crippen molar-refractivity contribution in [3.63, 3.8) is 0 Å². The molecule has 0 saturated heterocycles. The molecule has 2 aromatic heterocycles. The highest BCUT2D eigenvalue weighted by Crippen LogP contribution is 2.23. The summed E-state index contributed by atoms with van der Waals surface area (Å²) in [6.07, 6.45) is 0. The van der Waals surface area contributed by atoms with Crippen LogP contribution >= 0.6 is 11.3 Å². The largest absolute Gasteiger partial charge is 0.297 e. The van der Waals surface area contributed by atoms with Crippen molar-refractivity contribution in [3.05, 3.63) is 29.3 Å². The minimum atomic E-state index is -0.276. The lowest BCUT2D eigenvalue weighted by atomic mass is 10.3. The molecule has 0 unspecified atom stereocenters. The van der Waals surface area contributed by atoms with Gasteiger partial charge in [0, 0.05) is 7.05 Å². The molecule has 2 heterocycles. The molecule has 0 aliphatic rings. The van der Waals surface area contributed by atoms with Gasteiger partial charge in [0.05, 0.1) is 17.7 Å². The molecule has 0 radical (unpaired) electrons. The molecule has 16 heavy (non-hydrogen) atoms. The van der Waals surface area contributed by atoms with Gasteiger partial charge in [-0.1, -0.05) is 6.07 Å². The second-order valence-electron chi connectivity index (χ2n) is 3.13. The van der Waals surface area contributed by atoms with Gasteiger partial charge >= 0.3 is 0 Å². The Hall–Kier alpha value is -1.66. The number of carbonyl (C=O) groups is 1. The fraction of sp³-hybridized carbons (Fsp3) is 0.200. The van der Waals surface area contributed by atoms with Crippen molar-refractivity contribution in [2.75, 3.05) is 14.2 Å². The maximum absolute atomic E-state index is 11.7. The van der Waals surface area contributed by atoms with E-state index < -0.39 is 0 Å². The predicted molar refractivity (Wildman–Crippen MR) is 61.0 cm³/mol. The number of carbonyl (C=O) groups excluding carboxylic acids is 1. The zero-order chi connectivity index (χ0) is 11.5. The molecule has 6 heteroatoms. The molecule has 0 aliphatic carbocycles. The summed E-state index contributed by atoms with van der Waals surface area (Å²) in [5.41, 5.74) is 1.18. The predicted octanol–water partition coefficient (Wildman–Crippen LogP) is 1.77. The van der Waals surface area contributed by atoms with Crippen molar-refractivity contribution in [2.45, 2.75) is 0 Å². The third-order valence-electron chi connectivity index (χ3n) is 2.14. The molecule has 0 aromatic carbocycles. The quantitative estimate of drug-likeness (QED) is 0.828. The Bertz CT molecular complexity index is 478. The summed E-state index contributed by atoms with van der Waals surface area (Å²) in [4.78, 5) is 17.5. The van der Waals surface area contributed by atoms with Crippen molar-refractivity contribution < 1.29 is 9.63 Å². The van der Waals surface area contributed by atoms with E-state index in [4.69, 9.17) is 4.84 Å². The molecule has 5 nitrogen and oxygen atoms in total. The van der Waals surface area contributed by atoms with Crippen LogP contribution in [0.1, 0.15) is 10.5 Å². The number of hydroxylamine groups is 2. The second-order valence-corrected chi connectivity index (χ2v) is 4.08. The molecule has 0 saturated carbocycles. The number of hydrogen-bond acceptors (Lipinski definition) is 4. The van der Waals surface area contributed by atoms with Crippen LogP contribution in [0.4, 0.5) is 0 Å². The normalized spacial score (nSPS) is 10.4. The van der Waals surface area contributed by atoms with E-state index >= 15 is 0 Å². The van der Waals surface area contributed by atoms with Crippen LogP contribution in [0.15, 0.2) is 23.6 Å². The maximum atomic E-state index is 11.7. The molecular weight excluding hydrogens is 226 g/mol. The maximum Gasteiger partial charge on any atom is 0.297 e. The van der Waals surface area contributed by atoms with Gasteiger partial charge in [-0.05, 0) is 17.5 Å². The van der Waals surface area contributed by atoms with Crippen LogP contribution in [0.2, 0.25) is 0 Å². The first kappa shape index (κ1) is 10.8. The van der Waals surface area contributed by atoms with Crippen LogP contribution in [0, 0.1) is 0 Å². The average Bonchev–Trinajstić information content (AvgIpc) is 2.96. The number of H-pyrrole nitrogens is 1. The van der Waals surface area contributed by atoms with E-state index in [-0.39, 0.29) is 5.91 Å². The fourth-order valence-corrected chi connectivity index (χ4v) is 1.93. The van der Waals surface area contributed by atoms with Crippen molar-refractivity contribution in [1.29, 1.82) is 0 Å². The van der Waals surface area contributed by atoms with Gasteiger partial charge in [0.15, 0.2) is 5.69 Å². The highest BCUT2D eigenvalue weighted by Gasteiger charge is 2.15. The minimum absolute atomic E-state index is 0.276. The summed E-state index contributed by atoms with van der Waals surface area (Å²) in [5, 5.41) is 9.88. The first-order valence-electron chi connectivity index (χ1n) is 4.64. The van der Waals surface area contributed by atoms with Gasteiger partial charge in [-0.25, -0.2) is 5.06 Å². The van der Waals surface area contributed by atoms with Gasteiger partial charge in [-0.15, -0.1) is 11.3 Å².